The van der Waals surface area contributed by atoms with Gasteiger partial charge in [0.1, 0.15) is 0 Å². The highest BCUT2D eigenvalue weighted by Crippen LogP contribution is 2.07. The van der Waals surface area contributed by atoms with Gasteiger partial charge in [0.25, 0.3) is 11.5 Å². The van der Waals surface area contributed by atoms with Crippen LogP contribution in [0.3, 0.4) is 0 Å². The third-order valence-corrected chi connectivity index (χ3v) is 2.31. The highest BCUT2D eigenvalue weighted by Gasteiger charge is 2.13. The fraction of sp³-hybridized carbons (Fsp3) is 0.455. The van der Waals surface area contributed by atoms with Gasteiger partial charge in [-0.3, -0.25) is 14.6 Å². The summed E-state index contributed by atoms with van der Waals surface area (Å²) in [6, 6.07) is 2.32. The quantitative estimate of drug-likeness (QED) is 0.686. The number of amides is 1. The fourth-order valence-corrected chi connectivity index (χ4v) is 1.35. The number of carbonyl (C=O) groups excluding carboxylic acids is 1. The summed E-state index contributed by atoms with van der Waals surface area (Å²) in [7, 11) is 1.57. The molecule has 6 nitrogen and oxygen atoms in total. The minimum Gasteiger partial charge on any atom is -0.494 e. The molecule has 0 fully saturated rings. The van der Waals surface area contributed by atoms with E-state index in [9.17, 15) is 14.7 Å². The number of hydrogen-bond acceptors (Lipinski definition) is 4. The van der Waals surface area contributed by atoms with Crippen LogP contribution in [0.2, 0.25) is 0 Å². The second kappa shape index (κ2) is 5.49. The molecule has 0 aromatic carbocycles. The van der Waals surface area contributed by atoms with Gasteiger partial charge < -0.3 is 15.1 Å². The summed E-state index contributed by atoms with van der Waals surface area (Å²) in [6.45, 7) is 2.02. The molecule has 1 heterocycles. The number of hydrogen-bond donors (Lipinski definition) is 3. The van der Waals surface area contributed by atoms with Gasteiger partial charge in [-0.25, -0.2) is 0 Å². The lowest BCUT2D eigenvalue weighted by Gasteiger charge is -2.17. The Morgan fingerprint density at radius 2 is 2.18 bits per heavy atom. The van der Waals surface area contributed by atoms with Crippen LogP contribution >= 0.6 is 0 Å². The van der Waals surface area contributed by atoms with Crippen molar-refractivity contribution < 1.29 is 15.0 Å². The molecule has 0 radical (unpaired) electrons. The van der Waals surface area contributed by atoms with Gasteiger partial charge in [-0.1, -0.05) is 0 Å². The average Bonchev–Trinajstić information content (AvgIpc) is 2.23. The summed E-state index contributed by atoms with van der Waals surface area (Å²) in [5, 5.41) is 18.3. The molecular formula is C11H16N2O4. The van der Waals surface area contributed by atoms with E-state index in [0.29, 0.717) is 13.0 Å². The molecule has 94 valence electrons. The van der Waals surface area contributed by atoms with Crippen molar-refractivity contribution in [3.63, 3.8) is 0 Å². The molecule has 6 heteroatoms. The molecule has 0 spiro atoms. The van der Waals surface area contributed by atoms with Gasteiger partial charge >= 0.3 is 0 Å². The number of aromatic hydroxyl groups is 1. The van der Waals surface area contributed by atoms with Crippen molar-refractivity contribution in [1.29, 1.82) is 0 Å². The maximum absolute atomic E-state index is 11.8. The number of aliphatic hydroxyl groups excluding tert-OH is 1. The number of H-pyrrole nitrogens is 1. The van der Waals surface area contributed by atoms with Gasteiger partial charge in [0.05, 0.1) is 11.7 Å². The van der Waals surface area contributed by atoms with Crippen molar-refractivity contribution in [2.45, 2.75) is 19.4 Å². The van der Waals surface area contributed by atoms with Crippen LogP contribution in [0.25, 0.3) is 0 Å². The Morgan fingerprint density at radius 3 is 2.71 bits per heavy atom. The standard InChI is InChI=1S/C11H16N2O4/c1-7(14)3-4-13(2)11(17)8-5-9(15)12-10(16)6-8/h5-7,14H,3-4H2,1-2H3,(H2,12,15,16). The summed E-state index contributed by atoms with van der Waals surface area (Å²) in [4.78, 5) is 26.5. The van der Waals surface area contributed by atoms with E-state index in [1.54, 1.807) is 14.0 Å². The first-order chi connectivity index (χ1) is 7.90. The molecule has 0 bridgehead atoms. The molecule has 3 N–H and O–H groups in total. The topological polar surface area (TPSA) is 93.6 Å². The van der Waals surface area contributed by atoms with Gasteiger partial charge in [-0.15, -0.1) is 0 Å². The predicted octanol–water partition coefficient (Wildman–Crippen LogP) is -0.0766. The molecule has 0 aliphatic carbocycles. The molecule has 0 aliphatic heterocycles. The highest BCUT2D eigenvalue weighted by molar-refractivity contribution is 5.94. The van der Waals surface area contributed by atoms with E-state index in [1.807, 2.05) is 0 Å². The minimum absolute atomic E-state index is 0.124. The van der Waals surface area contributed by atoms with Crippen LogP contribution < -0.4 is 5.56 Å². The maximum Gasteiger partial charge on any atom is 0.253 e. The van der Waals surface area contributed by atoms with Crippen LogP contribution in [0.1, 0.15) is 23.7 Å². The number of carbonyl (C=O) groups is 1. The van der Waals surface area contributed by atoms with Gasteiger partial charge in [-0.2, -0.15) is 0 Å². The summed E-state index contributed by atoms with van der Waals surface area (Å²) >= 11 is 0. The van der Waals surface area contributed by atoms with Crippen molar-refractivity contribution in [2.24, 2.45) is 0 Å². The zero-order chi connectivity index (χ0) is 13.0. The molecule has 0 saturated carbocycles. The lowest BCUT2D eigenvalue weighted by atomic mass is 10.2. The van der Waals surface area contributed by atoms with Crippen molar-refractivity contribution in [3.05, 3.63) is 28.0 Å². The zero-order valence-electron chi connectivity index (χ0n) is 9.80. The van der Waals surface area contributed by atoms with Crippen LogP contribution in [-0.2, 0) is 0 Å². The average molecular weight is 240 g/mol. The summed E-state index contributed by atoms with van der Waals surface area (Å²) < 4.78 is 0. The lowest BCUT2D eigenvalue weighted by molar-refractivity contribution is 0.0768. The summed E-state index contributed by atoms with van der Waals surface area (Å²) in [5.41, 5.74) is -0.406. The Morgan fingerprint density at radius 1 is 1.53 bits per heavy atom. The van der Waals surface area contributed by atoms with Crippen LogP contribution in [0.5, 0.6) is 5.88 Å². The van der Waals surface area contributed by atoms with Crippen molar-refractivity contribution in [2.75, 3.05) is 13.6 Å². The number of nitrogens with one attached hydrogen (secondary N) is 1. The second-order valence-electron chi connectivity index (χ2n) is 3.98. The normalized spacial score (nSPS) is 12.2. The zero-order valence-corrected chi connectivity index (χ0v) is 9.80. The van der Waals surface area contributed by atoms with E-state index in [-0.39, 0.29) is 17.4 Å². The smallest absolute Gasteiger partial charge is 0.253 e. The number of pyridine rings is 1. The Hall–Kier alpha value is -1.82. The Bertz CT molecular complexity index is 453. The number of nitrogens with zero attached hydrogens (tertiary/aromatic N) is 1. The van der Waals surface area contributed by atoms with E-state index in [2.05, 4.69) is 4.98 Å². The number of aromatic nitrogens is 1. The van der Waals surface area contributed by atoms with E-state index in [4.69, 9.17) is 5.11 Å². The maximum atomic E-state index is 11.8. The predicted molar refractivity (Wildman–Crippen MR) is 62.0 cm³/mol. The first-order valence-corrected chi connectivity index (χ1v) is 5.27. The first-order valence-electron chi connectivity index (χ1n) is 5.27. The SMILES string of the molecule is CC(O)CCN(C)C(=O)c1cc(O)[nH]c(=O)c1. The van der Waals surface area contributed by atoms with Crippen molar-refractivity contribution in [3.8, 4) is 5.88 Å². The minimum atomic E-state index is -0.530. The van der Waals surface area contributed by atoms with Crippen LogP contribution in [0.4, 0.5) is 0 Å². The third-order valence-electron chi connectivity index (χ3n) is 2.31. The molecule has 1 aromatic heterocycles. The third kappa shape index (κ3) is 3.92. The molecule has 17 heavy (non-hydrogen) atoms. The molecule has 1 unspecified atom stereocenters. The molecule has 1 aromatic rings. The molecule has 1 amide bonds. The Balaban J connectivity index is 2.78. The molecule has 0 aliphatic rings. The van der Waals surface area contributed by atoms with E-state index >= 15 is 0 Å². The Kier molecular flexibility index (Phi) is 4.28. The van der Waals surface area contributed by atoms with E-state index < -0.39 is 11.7 Å². The molecule has 1 rings (SSSR count). The molecule has 1 atom stereocenters. The van der Waals surface area contributed by atoms with Gasteiger partial charge in [0.2, 0.25) is 0 Å². The highest BCUT2D eigenvalue weighted by atomic mass is 16.3. The van der Waals surface area contributed by atoms with Gasteiger partial charge in [0.15, 0.2) is 5.88 Å². The lowest BCUT2D eigenvalue weighted by Crippen LogP contribution is -2.30. The number of aromatic amines is 1. The Labute approximate surface area is 98.5 Å². The van der Waals surface area contributed by atoms with Crippen molar-refractivity contribution in [1.82, 2.24) is 9.88 Å². The van der Waals surface area contributed by atoms with Crippen LogP contribution in [0, 0.1) is 0 Å². The first kappa shape index (κ1) is 13.2. The molecular weight excluding hydrogens is 224 g/mol. The van der Waals surface area contributed by atoms with E-state index in [0.717, 1.165) is 6.07 Å². The van der Waals surface area contributed by atoms with Crippen molar-refractivity contribution >= 4 is 5.91 Å². The molecule has 0 saturated heterocycles. The monoisotopic (exact) mass is 240 g/mol. The number of aliphatic hydroxyl groups is 1. The van der Waals surface area contributed by atoms with Crippen LogP contribution in [0.15, 0.2) is 16.9 Å². The van der Waals surface area contributed by atoms with Gasteiger partial charge in [0, 0.05) is 25.7 Å². The summed E-state index contributed by atoms with van der Waals surface area (Å²) in [5.74, 6) is -0.711. The van der Waals surface area contributed by atoms with Crippen LogP contribution in [-0.4, -0.2) is 45.7 Å². The second-order valence-corrected chi connectivity index (χ2v) is 3.98. The number of rotatable bonds is 4. The summed E-state index contributed by atoms with van der Waals surface area (Å²) in [6.07, 6.45) is -0.0324. The van der Waals surface area contributed by atoms with Gasteiger partial charge in [-0.05, 0) is 13.3 Å². The van der Waals surface area contributed by atoms with E-state index in [1.165, 1.54) is 11.0 Å². The fourth-order valence-electron chi connectivity index (χ4n) is 1.35. The largest absolute Gasteiger partial charge is 0.494 e.